The van der Waals surface area contributed by atoms with Gasteiger partial charge in [-0.3, -0.25) is 4.79 Å². The Balaban J connectivity index is 1.86. The molecule has 0 radical (unpaired) electrons. The lowest BCUT2D eigenvalue weighted by Gasteiger charge is -2.36. The molecule has 0 fully saturated rings. The maximum atomic E-state index is 11.3. The van der Waals surface area contributed by atoms with Crippen molar-refractivity contribution in [2.45, 2.75) is 92.1 Å². The average molecular weight is 411 g/mol. The van der Waals surface area contributed by atoms with Crippen LogP contribution in [-0.4, -0.2) is 17.0 Å². The van der Waals surface area contributed by atoms with Gasteiger partial charge in [-0.25, -0.2) is 0 Å². The van der Waals surface area contributed by atoms with Crippen molar-refractivity contribution in [1.29, 1.82) is 0 Å². The second-order valence-corrected chi connectivity index (χ2v) is 9.32. The number of allylic oxidation sites excluding steroid dienone is 6. The summed E-state index contributed by atoms with van der Waals surface area (Å²) in [5.74, 6) is 1.27. The van der Waals surface area contributed by atoms with Crippen molar-refractivity contribution >= 4 is 6.29 Å². The molecule has 1 aliphatic rings. The highest BCUT2D eigenvalue weighted by Crippen LogP contribution is 2.39. The predicted octanol–water partition coefficient (Wildman–Crippen LogP) is 7.16. The minimum Gasteiger partial charge on any atom is -0.508 e. The highest BCUT2D eigenvalue weighted by Gasteiger charge is 2.31. The molecule has 2 rings (SSSR count). The highest BCUT2D eigenvalue weighted by molar-refractivity contribution is 5.78. The van der Waals surface area contributed by atoms with Crippen LogP contribution in [-0.2, 0) is 11.2 Å². The van der Waals surface area contributed by atoms with E-state index in [9.17, 15) is 9.90 Å². The SMILES string of the molecule is CC(C)=C/C(C=O)=C(/C)CCC/C(C)=C/CC[C@]1(C)CCc2cc(O)cc(C)c2O1. The lowest BCUT2D eigenvalue weighted by atomic mass is 9.87. The van der Waals surface area contributed by atoms with Crippen molar-refractivity contribution in [3.63, 3.8) is 0 Å². The molecule has 1 heterocycles. The van der Waals surface area contributed by atoms with Crippen molar-refractivity contribution in [3.8, 4) is 11.5 Å². The largest absolute Gasteiger partial charge is 0.508 e. The topological polar surface area (TPSA) is 46.5 Å². The maximum Gasteiger partial charge on any atom is 0.149 e. The number of phenols is 1. The molecule has 0 saturated heterocycles. The minimum atomic E-state index is -0.159. The average Bonchev–Trinajstić information content (AvgIpc) is 2.66. The predicted molar refractivity (Wildman–Crippen MR) is 125 cm³/mol. The fourth-order valence-electron chi connectivity index (χ4n) is 4.10. The summed E-state index contributed by atoms with van der Waals surface area (Å²) in [6.07, 6.45) is 12.2. The normalized spacial score (nSPS) is 19.5. The smallest absolute Gasteiger partial charge is 0.149 e. The number of hydrogen-bond donors (Lipinski definition) is 1. The van der Waals surface area contributed by atoms with Crippen LogP contribution < -0.4 is 4.74 Å². The van der Waals surface area contributed by atoms with Gasteiger partial charge >= 0.3 is 0 Å². The Bertz CT molecular complexity index is 853. The molecule has 30 heavy (non-hydrogen) atoms. The third kappa shape index (κ3) is 6.90. The number of fused-ring (bicyclic) bond motifs is 1. The first-order valence-electron chi connectivity index (χ1n) is 11.1. The third-order valence-electron chi connectivity index (χ3n) is 5.96. The van der Waals surface area contributed by atoms with Crippen LogP contribution in [0.4, 0.5) is 0 Å². The zero-order chi connectivity index (χ0) is 22.3. The number of ether oxygens (including phenoxy) is 1. The number of carbonyl (C=O) groups is 1. The van der Waals surface area contributed by atoms with Crippen LogP contribution in [0.15, 0.2) is 46.6 Å². The molecule has 0 spiro atoms. The molecule has 0 unspecified atom stereocenters. The summed E-state index contributed by atoms with van der Waals surface area (Å²) in [5, 5.41) is 9.80. The number of rotatable bonds is 9. The van der Waals surface area contributed by atoms with Gasteiger partial charge in [0, 0.05) is 5.57 Å². The number of hydrogen-bond acceptors (Lipinski definition) is 3. The molecule has 1 atom stereocenters. The minimum absolute atomic E-state index is 0.159. The molecule has 3 heteroatoms. The van der Waals surface area contributed by atoms with E-state index in [-0.39, 0.29) is 5.60 Å². The van der Waals surface area contributed by atoms with Crippen molar-refractivity contribution in [2.75, 3.05) is 0 Å². The molecule has 0 amide bonds. The number of aldehydes is 1. The van der Waals surface area contributed by atoms with E-state index in [2.05, 4.69) is 26.8 Å². The Morgan fingerprint density at radius 1 is 1.20 bits per heavy atom. The van der Waals surface area contributed by atoms with Gasteiger partial charge in [-0.2, -0.15) is 0 Å². The van der Waals surface area contributed by atoms with Gasteiger partial charge in [0.2, 0.25) is 0 Å². The molecule has 1 aromatic carbocycles. The van der Waals surface area contributed by atoms with Gasteiger partial charge in [-0.05, 0) is 110 Å². The molecule has 1 aromatic rings. The molecule has 1 aliphatic heterocycles. The van der Waals surface area contributed by atoms with Crippen LogP contribution in [0, 0.1) is 6.92 Å². The van der Waals surface area contributed by atoms with Crippen molar-refractivity contribution in [2.24, 2.45) is 0 Å². The molecule has 0 saturated carbocycles. The summed E-state index contributed by atoms with van der Waals surface area (Å²) < 4.78 is 6.38. The van der Waals surface area contributed by atoms with E-state index < -0.39 is 0 Å². The summed E-state index contributed by atoms with van der Waals surface area (Å²) in [6, 6.07) is 3.61. The summed E-state index contributed by atoms with van der Waals surface area (Å²) in [4.78, 5) is 11.3. The zero-order valence-corrected chi connectivity index (χ0v) is 19.6. The van der Waals surface area contributed by atoms with Crippen molar-refractivity contribution in [1.82, 2.24) is 0 Å². The molecule has 0 bridgehead atoms. The molecular weight excluding hydrogens is 372 g/mol. The number of phenolic OH excluding ortho intramolecular Hbond substituents is 1. The number of aryl methyl sites for hydroxylation is 2. The van der Waals surface area contributed by atoms with E-state index >= 15 is 0 Å². The van der Waals surface area contributed by atoms with Crippen molar-refractivity contribution < 1.29 is 14.6 Å². The summed E-state index contributed by atoms with van der Waals surface area (Å²) in [5.41, 5.74) is 6.51. The Morgan fingerprint density at radius 3 is 2.60 bits per heavy atom. The number of carbonyl (C=O) groups excluding carboxylic acids is 1. The second-order valence-electron chi connectivity index (χ2n) is 9.32. The maximum absolute atomic E-state index is 11.3. The first kappa shape index (κ1) is 24.0. The van der Waals surface area contributed by atoms with Gasteiger partial charge in [0.15, 0.2) is 0 Å². The lowest BCUT2D eigenvalue weighted by Crippen LogP contribution is -2.36. The molecule has 0 aliphatic carbocycles. The summed E-state index contributed by atoms with van der Waals surface area (Å²) in [7, 11) is 0. The van der Waals surface area contributed by atoms with E-state index in [1.807, 2.05) is 32.9 Å². The second kappa shape index (κ2) is 10.7. The van der Waals surface area contributed by atoms with Gasteiger partial charge in [-0.15, -0.1) is 0 Å². The van der Waals surface area contributed by atoms with Crippen LogP contribution >= 0.6 is 0 Å². The van der Waals surface area contributed by atoms with Gasteiger partial charge in [0.05, 0.1) is 0 Å². The Hall–Kier alpha value is -2.29. The van der Waals surface area contributed by atoms with Gasteiger partial charge in [-0.1, -0.05) is 28.9 Å². The van der Waals surface area contributed by atoms with Crippen LogP contribution in [0.2, 0.25) is 0 Å². The molecule has 3 nitrogen and oxygen atoms in total. The van der Waals surface area contributed by atoms with Crippen molar-refractivity contribution in [3.05, 3.63) is 57.7 Å². The molecule has 0 aromatic heterocycles. The van der Waals surface area contributed by atoms with E-state index in [1.54, 1.807) is 6.07 Å². The molecule has 164 valence electrons. The fourth-order valence-corrected chi connectivity index (χ4v) is 4.10. The van der Waals surface area contributed by atoms with Gasteiger partial charge < -0.3 is 9.84 Å². The first-order valence-corrected chi connectivity index (χ1v) is 11.1. The number of aromatic hydroxyl groups is 1. The standard InChI is InChI=1S/C27H38O3/c1-19(2)15-24(18-28)21(4)11-7-9-20(3)10-8-13-27(6)14-12-23-17-25(29)16-22(5)26(23)30-27/h10,15-18,29H,7-9,11-14H2,1-6H3/b20-10+,24-21+/t27-/m1/s1. The lowest BCUT2D eigenvalue weighted by molar-refractivity contribution is -0.104. The molecular formula is C27H38O3. The summed E-state index contributed by atoms with van der Waals surface area (Å²) in [6.45, 7) is 12.5. The Kier molecular flexibility index (Phi) is 8.52. The molecule has 1 N–H and O–H groups in total. The van der Waals surface area contributed by atoms with Crippen LogP contribution in [0.25, 0.3) is 0 Å². The van der Waals surface area contributed by atoms with E-state index in [1.165, 1.54) is 11.1 Å². The Morgan fingerprint density at radius 2 is 1.93 bits per heavy atom. The van der Waals surface area contributed by atoms with Gasteiger partial charge in [0.25, 0.3) is 0 Å². The van der Waals surface area contributed by atoms with Crippen LogP contribution in [0.3, 0.4) is 0 Å². The number of benzene rings is 1. The highest BCUT2D eigenvalue weighted by atomic mass is 16.5. The van der Waals surface area contributed by atoms with E-state index in [4.69, 9.17) is 4.74 Å². The quantitative estimate of drug-likeness (QED) is 0.203. The monoisotopic (exact) mass is 410 g/mol. The van der Waals surface area contributed by atoms with E-state index in [0.29, 0.717) is 5.75 Å². The third-order valence-corrected chi connectivity index (χ3v) is 5.96. The summed E-state index contributed by atoms with van der Waals surface area (Å²) >= 11 is 0. The zero-order valence-electron chi connectivity index (χ0n) is 19.6. The Labute approximate surface area is 182 Å². The fraction of sp³-hybridized carbons (Fsp3) is 0.519. The van der Waals surface area contributed by atoms with E-state index in [0.717, 1.165) is 79.3 Å². The van der Waals surface area contributed by atoms with Gasteiger partial charge in [0.1, 0.15) is 23.4 Å². The van der Waals surface area contributed by atoms with Crippen LogP contribution in [0.5, 0.6) is 11.5 Å². The first-order chi connectivity index (χ1) is 14.1. The van der Waals surface area contributed by atoms with Crippen LogP contribution in [0.1, 0.15) is 84.3 Å².